The van der Waals surface area contributed by atoms with E-state index >= 15 is 0 Å². The zero-order valence-corrected chi connectivity index (χ0v) is 11.7. The van der Waals surface area contributed by atoms with Crippen LogP contribution in [0.3, 0.4) is 0 Å². The zero-order valence-electron chi connectivity index (χ0n) is 11.7. The largest absolute Gasteiger partial charge is 0.370 e. The maximum Gasteiger partial charge on any atom is 0.133 e. The van der Waals surface area contributed by atoms with E-state index in [4.69, 9.17) is 0 Å². The highest BCUT2D eigenvalue weighted by molar-refractivity contribution is 5.70. The third kappa shape index (κ3) is 2.72. The first kappa shape index (κ1) is 13.5. The van der Waals surface area contributed by atoms with E-state index in [0.717, 1.165) is 34.7 Å². The van der Waals surface area contributed by atoms with Crippen molar-refractivity contribution in [1.82, 2.24) is 9.97 Å². The molecule has 0 spiro atoms. The fourth-order valence-corrected chi connectivity index (χ4v) is 2.08. The summed E-state index contributed by atoms with van der Waals surface area (Å²) in [5, 5.41) is 3.22. The Balaban J connectivity index is 2.64. The predicted octanol–water partition coefficient (Wildman–Crippen LogP) is 3.64. The molecular weight excluding hydrogens is 241 g/mol. The molecule has 2 rings (SSSR count). The van der Waals surface area contributed by atoms with E-state index in [1.54, 1.807) is 6.07 Å². The second-order valence-corrected chi connectivity index (χ2v) is 4.58. The van der Waals surface area contributed by atoms with Crippen molar-refractivity contribution in [2.24, 2.45) is 0 Å². The van der Waals surface area contributed by atoms with E-state index in [1.807, 2.05) is 27.7 Å². The topological polar surface area (TPSA) is 37.8 Å². The Labute approximate surface area is 112 Å². The number of rotatable bonds is 3. The molecule has 1 N–H and O–H groups in total. The molecule has 4 heteroatoms. The van der Waals surface area contributed by atoms with Gasteiger partial charge in [0.15, 0.2) is 0 Å². The van der Waals surface area contributed by atoms with Gasteiger partial charge in [-0.1, -0.05) is 6.07 Å². The van der Waals surface area contributed by atoms with Gasteiger partial charge in [-0.2, -0.15) is 0 Å². The molecule has 0 radical (unpaired) electrons. The molecule has 3 nitrogen and oxygen atoms in total. The monoisotopic (exact) mass is 259 g/mol. The molecule has 0 bridgehead atoms. The summed E-state index contributed by atoms with van der Waals surface area (Å²) in [5.41, 5.74) is 3.56. The third-order valence-corrected chi connectivity index (χ3v) is 3.06. The van der Waals surface area contributed by atoms with Crippen LogP contribution in [0.25, 0.3) is 11.3 Å². The van der Waals surface area contributed by atoms with Gasteiger partial charge in [-0.15, -0.1) is 0 Å². The van der Waals surface area contributed by atoms with Crippen molar-refractivity contribution >= 4 is 5.82 Å². The van der Waals surface area contributed by atoms with Crippen LogP contribution < -0.4 is 5.32 Å². The van der Waals surface area contributed by atoms with E-state index in [-0.39, 0.29) is 5.82 Å². The SMILES string of the molecule is CCNc1nc(C)nc(-c2cc(F)ccc2C)c1C. The second kappa shape index (κ2) is 5.34. The Hall–Kier alpha value is -1.97. The molecule has 2 aromatic rings. The van der Waals surface area contributed by atoms with Crippen LogP contribution in [-0.4, -0.2) is 16.5 Å². The summed E-state index contributed by atoms with van der Waals surface area (Å²) in [6.07, 6.45) is 0. The zero-order chi connectivity index (χ0) is 14.0. The Morgan fingerprint density at radius 2 is 1.89 bits per heavy atom. The highest BCUT2D eigenvalue weighted by Gasteiger charge is 2.13. The van der Waals surface area contributed by atoms with Crippen molar-refractivity contribution in [3.63, 3.8) is 0 Å². The summed E-state index contributed by atoms with van der Waals surface area (Å²) >= 11 is 0. The standard InChI is InChI=1S/C15H18FN3/c1-5-17-15-10(3)14(18-11(4)19-15)13-8-12(16)7-6-9(13)2/h6-8H,5H2,1-4H3,(H,17,18,19). The van der Waals surface area contributed by atoms with Crippen LogP contribution in [0.1, 0.15) is 23.9 Å². The number of hydrogen-bond donors (Lipinski definition) is 1. The summed E-state index contributed by atoms with van der Waals surface area (Å²) in [4.78, 5) is 8.85. The molecular formula is C15H18FN3. The fourth-order valence-electron chi connectivity index (χ4n) is 2.08. The van der Waals surface area contributed by atoms with Crippen LogP contribution in [0.2, 0.25) is 0 Å². The maximum atomic E-state index is 13.5. The molecule has 1 aromatic carbocycles. The number of aryl methyl sites for hydroxylation is 2. The Morgan fingerprint density at radius 1 is 1.16 bits per heavy atom. The first-order valence-electron chi connectivity index (χ1n) is 6.38. The van der Waals surface area contributed by atoms with Crippen molar-refractivity contribution < 1.29 is 4.39 Å². The number of anilines is 1. The third-order valence-electron chi connectivity index (χ3n) is 3.06. The molecule has 0 atom stereocenters. The summed E-state index contributed by atoms with van der Waals surface area (Å²) in [6.45, 7) is 8.57. The first-order chi connectivity index (χ1) is 9.02. The van der Waals surface area contributed by atoms with Gasteiger partial charge in [-0.3, -0.25) is 0 Å². The molecule has 0 unspecified atom stereocenters. The van der Waals surface area contributed by atoms with Crippen molar-refractivity contribution in [2.75, 3.05) is 11.9 Å². The second-order valence-electron chi connectivity index (χ2n) is 4.58. The van der Waals surface area contributed by atoms with E-state index < -0.39 is 0 Å². The van der Waals surface area contributed by atoms with Crippen LogP contribution in [0.4, 0.5) is 10.2 Å². The van der Waals surface area contributed by atoms with Gasteiger partial charge in [0.1, 0.15) is 17.5 Å². The van der Waals surface area contributed by atoms with Crippen LogP contribution in [-0.2, 0) is 0 Å². The average Bonchev–Trinajstić information content (AvgIpc) is 2.37. The lowest BCUT2D eigenvalue weighted by molar-refractivity contribution is 0.628. The molecule has 1 heterocycles. The molecule has 0 aliphatic heterocycles. The van der Waals surface area contributed by atoms with E-state index in [0.29, 0.717) is 5.82 Å². The lowest BCUT2D eigenvalue weighted by Crippen LogP contribution is -2.06. The number of hydrogen-bond acceptors (Lipinski definition) is 3. The smallest absolute Gasteiger partial charge is 0.133 e. The van der Waals surface area contributed by atoms with E-state index in [2.05, 4.69) is 15.3 Å². The highest BCUT2D eigenvalue weighted by atomic mass is 19.1. The fraction of sp³-hybridized carbons (Fsp3) is 0.333. The van der Waals surface area contributed by atoms with Crippen LogP contribution >= 0.6 is 0 Å². The Bertz CT molecular complexity index is 609. The van der Waals surface area contributed by atoms with E-state index in [1.165, 1.54) is 12.1 Å². The number of nitrogens with one attached hydrogen (secondary N) is 1. The Kier molecular flexibility index (Phi) is 3.79. The summed E-state index contributed by atoms with van der Waals surface area (Å²) in [7, 11) is 0. The normalized spacial score (nSPS) is 10.6. The number of nitrogens with zero attached hydrogens (tertiary/aromatic N) is 2. The van der Waals surface area contributed by atoms with Gasteiger partial charge >= 0.3 is 0 Å². The lowest BCUT2D eigenvalue weighted by atomic mass is 10.0. The summed E-state index contributed by atoms with van der Waals surface area (Å²) < 4.78 is 13.5. The van der Waals surface area contributed by atoms with Crippen molar-refractivity contribution in [3.8, 4) is 11.3 Å². The highest BCUT2D eigenvalue weighted by Crippen LogP contribution is 2.28. The first-order valence-corrected chi connectivity index (χ1v) is 6.38. The molecule has 0 amide bonds. The minimum absolute atomic E-state index is 0.249. The molecule has 0 aliphatic carbocycles. The number of aromatic nitrogens is 2. The maximum absolute atomic E-state index is 13.5. The van der Waals surface area contributed by atoms with Crippen LogP contribution in [0, 0.1) is 26.6 Å². The molecule has 100 valence electrons. The van der Waals surface area contributed by atoms with Gasteiger partial charge < -0.3 is 5.32 Å². The van der Waals surface area contributed by atoms with Gasteiger partial charge in [0.2, 0.25) is 0 Å². The molecule has 0 fully saturated rings. The van der Waals surface area contributed by atoms with Gasteiger partial charge in [-0.05, 0) is 45.4 Å². The molecule has 19 heavy (non-hydrogen) atoms. The summed E-state index contributed by atoms with van der Waals surface area (Å²) in [5.74, 6) is 1.25. The van der Waals surface area contributed by atoms with Crippen LogP contribution in [0.15, 0.2) is 18.2 Å². The molecule has 0 saturated carbocycles. The number of benzene rings is 1. The average molecular weight is 259 g/mol. The quantitative estimate of drug-likeness (QED) is 0.914. The lowest BCUT2D eigenvalue weighted by Gasteiger charge is -2.13. The predicted molar refractivity (Wildman–Crippen MR) is 75.8 cm³/mol. The summed E-state index contributed by atoms with van der Waals surface area (Å²) in [6, 6.07) is 4.77. The van der Waals surface area contributed by atoms with Gasteiger partial charge in [0, 0.05) is 17.7 Å². The van der Waals surface area contributed by atoms with Crippen LogP contribution in [0.5, 0.6) is 0 Å². The van der Waals surface area contributed by atoms with Crippen molar-refractivity contribution in [1.29, 1.82) is 0 Å². The van der Waals surface area contributed by atoms with Gasteiger partial charge in [0.05, 0.1) is 5.69 Å². The Morgan fingerprint density at radius 3 is 2.58 bits per heavy atom. The van der Waals surface area contributed by atoms with E-state index in [9.17, 15) is 4.39 Å². The van der Waals surface area contributed by atoms with Crippen molar-refractivity contribution in [3.05, 3.63) is 41.0 Å². The molecule has 0 aliphatic rings. The van der Waals surface area contributed by atoms with Gasteiger partial charge in [0.25, 0.3) is 0 Å². The van der Waals surface area contributed by atoms with Crippen molar-refractivity contribution in [2.45, 2.75) is 27.7 Å². The minimum Gasteiger partial charge on any atom is -0.370 e. The van der Waals surface area contributed by atoms with Gasteiger partial charge in [-0.25, -0.2) is 14.4 Å². The minimum atomic E-state index is -0.249. The molecule has 0 saturated heterocycles. The number of halogens is 1. The molecule has 1 aromatic heterocycles.